The standard InChI is InChI=1S/C13H21N3/c1-11(14)10-16-8-3-2-6-13(16)12-5-4-7-15-9-12/h4-5,7,9,11,13H,2-3,6,8,10,14H2,1H3/t11-,13-/m0/s1. The van der Waals surface area contributed by atoms with Gasteiger partial charge in [-0.2, -0.15) is 0 Å². The van der Waals surface area contributed by atoms with Gasteiger partial charge in [0.1, 0.15) is 0 Å². The van der Waals surface area contributed by atoms with E-state index in [9.17, 15) is 0 Å². The highest BCUT2D eigenvalue weighted by molar-refractivity contribution is 5.14. The zero-order valence-electron chi connectivity index (χ0n) is 9.97. The number of aromatic nitrogens is 1. The molecule has 0 aliphatic carbocycles. The van der Waals surface area contributed by atoms with E-state index in [-0.39, 0.29) is 6.04 Å². The Morgan fingerprint density at radius 2 is 2.44 bits per heavy atom. The van der Waals surface area contributed by atoms with E-state index in [1.807, 2.05) is 18.5 Å². The Morgan fingerprint density at radius 1 is 1.56 bits per heavy atom. The molecule has 1 aliphatic heterocycles. The molecular weight excluding hydrogens is 198 g/mol. The van der Waals surface area contributed by atoms with E-state index in [2.05, 4.69) is 22.9 Å². The number of hydrogen-bond donors (Lipinski definition) is 1. The number of nitrogens with zero attached hydrogens (tertiary/aromatic N) is 2. The molecule has 16 heavy (non-hydrogen) atoms. The first kappa shape index (κ1) is 11.6. The lowest BCUT2D eigenvalue weighted by molar-refractivity contribution is 0.142. The lowest BCUT2D eigenvalue weighted by Crippen LogP contribution is -2.40. The molecule has 2 rings (SSSR count). The van der Waals surface area contributed by atoms with Crippen LogP contribution in [0.15, 0.2) is 24.5 Å². The van der Waals surface area contributed by atoms with Gasteiger partial charge in [0.15, 0.2) is 0 Å². The van der Waals surface area contributed by atoms with Crippen molar-refractivity contribution in [2.75, 3.05) is 13.1 Å². The highest BCUT2D eigenvalue weighted by Crippen LogP contribution is 2.30. The van der Waals surface area contributed by atoms with Crippen molar-refractivity contribution >= 4 is 0 Å². The Balaban J connectivity index is 2.10. The summed E-state index contributed by atoms with van der Waals surface area (Å²) in [7, 11) is 0. The lowest BCUT2D eigenvalue weighted by atomic mass is 9.96. The molecule has 1 aromatic rings. The van der Waals surface area contributed by atoms with Crippen molar-refractivity contribution in [2.24, 2.45) is 5.73 Å². The summed E-state index contributed by atoms with van der Waals surface area (Å²) in [5.74, 6) is 0. The average molecular weight is 219 g/mol. The van der Waals surface area contributed by atoms with E-state index in [0.29, 0.717) is 6.04 Å². The van der Waals surface area contributed by atoms with Crippen LogP contribution < -0.4 is 5.73 Å². The fourth-order valence-electron chi connectivity index (χ4n) is 2.53. The second-order valence-corrected chi connectivity index (χ2v) is 4.77. The van der Waals surface area contributed by atoms with Gasteiger partial charge in [-0.25, -0.2) is 0 Å². The normalized spacial score (nSPS) is 24.2. The van der Waals surface area contributed by atoms with Crippen molar-refractivity contribution in [1.82, 2.24) is 9.88 Å². The molecule has 1 aromatic heterocycles. The van der Waals surface area contributed by atoms with Gasteiger partial charge in [0.05, 0.1) is 0 Å². The molecule has 1 fully saturated rings. The van der Waals surface area contributed by atoms with Crippen molar-refractivity contribution in [3.8, 4) is 0 Å². The van der Waals surface area contributed by atoms with Crippen molar-refractivity contribution in [1.29, 1.82) is 0 Å². The van der Waals surface area contributed by atoms with Gasteiger partial charge in [-0.3, -0.25) is 9.88 Å². The fraction of sp³-hybridized carbons (Fsp3) is 0.615. The van der Waals surface area contributed by atoms with Crippen LogP contribution in [0.2, 0.25) is 0 Å². The second kappa shape index (κ2) is 5.41. The summed E-state index contributed by atoms with van der Waals surface area (Å²) in [6, 6.07) is 4.97. The fourth-order valence-corrected chi connectivity index (χ4v) is 2.53. The number of pyridine rings is 1. The van der Waals surface area contributed by atoms with Crippen LogP contribution in [0.5, 0.6) is 0 Å². The van der Waals surface area contributed by atoms with Crippen molar-refractivity contribution < 1.29 is 0 Å². The third-order valence-electron chi connectivity index (χ3n) is 3.21. The predicted molar refractivity (Wildman–Crippen MR) is 66.1 cm³/mol. The Kier molecular flexibility index (Phi) is 3.91. The van der Waals surface area contributed by atoms with Crippen molar-refractivity contribution in [3.63, 3.8) is 0 Å². The van der Waals surface area contributed by atoms with E-state index in [1.54, 1.807) is 0 Å². The molecule has 1 aliphatic rings. The van der Waals surface area contributed by atoms with E-state index < -0.39 is 0 Å². The zero-order chi connectivity index (χ0) is 11.4. The largest absolute Gasteiger partial charge is 0.327 e. The summed E-state index contributed by atoms with van der Waals surface area (Å²) in [5, 5.41) is 0. The van der Waals surface area contributed by atoms with Crippen LogP contribution in [0.3, 0.4) is 0 Å². The van der Waals surface area contributed by atoms with Crippen LogP contribution in [0.25, 0.3) is 0 Å². The maximum Gasteiger partial charge on any atom is 0.0364 e. The molecule has 3 nitrogen and oxygen atoms in total. The van der Waals surface area contributed by atoms with E-state index >= 15 is 0 Å². The van der Waals surface area contributed by atoms with Crippen LogP contribution in [-0.2, 0) is 0 Å². The maximum absolute atomic E-state index is 5.91. The average Bonchev–Trinajstić information content (AvgIpc) is 2.30. The van der Waals surface area contributed by atoms with Crippen LogP contribution in [0.1, 0.15) is 37.8 Å². The summed E-state index contributed by atoms with van der Waals surface area (Å²) in [6.07, 6.45) is 7.67. The van der Waals surface area contributed by atoms with Gasteiger partial charge in [0.2, 0.25) is 0 Å². The number of piperidine rings is 1. The van der Waals surface area contributed by atoms with E-state index in [1.165, 1.54) is 31.4 Å². The molecule has 2 atom stereocenters. The highest BCUT2D eigenvalue weighted by Gasteiger charge is 2.24. The first-order valence-corrected chi connectivity index (χ1v) is 6.17. The molecule has 88 valence electrons. The van der Waals surface area contributed by atoms with Crippen molar-refractivity contribution in [2.45, 2.75) is 38.3 Å². The summed E-state index contributed by atoms with van der Waals surface area (Å²) in [5.41, 5.74) is 7.24. The minimum absolute atomic E-state index is 0.247. The van der Waals surface area contributed by atoms with Gasteiger partial charge >= 0.3 is 0 Å². The molecule has 0 radical (unpaired) electrons. The van der Waals surface area contributed by atoms with Gasteiger partial charge in [0, 0.05) is 31.0 Å². The van der Waals surface area contributed by atoms with Crippen LogP contribution in [-0.4, -0.2) is 29.0 Å². The third-order valence-corrected chi connectivity index (χ3v) is 3.21. The number of hydrogen-bond acceptors (Lipinski definition) is 3. The number of rotatable bonds is 3. The first-order chi connectivity index (χ1) is 7.77. The molecule has 2 heterocycles. The quantitative estimate of drug-likeness (QED) is 0.845. The Bertz CT molecular complexity index is 310. The monoisotopic (exact) mass is 219 g/mol. The van der Waals surface area contributed by atoms with Gasteiger partial charge in [-0.05, 0) is 37.9 Å². The molecular formula is C13H21N3. The Morgan fingerprint density at radius 3 is 3.12 bits per heavy atom. The molecule has 0 spiro atoms. The summed E-state index contributed by atoms with van der Waals surface area (Å²) in [6.45, 7) is 4.23. The molecule has 0 unspecified atom stereocenters. The zero-order valence-corrected chi connectivity index (χ0v) is 9.97. The Hall–Kier alpha value is -0.930. The highest BCUT2D eigenvalue weighted by atomic mass is 15.2. The molecule has 0 bridgehead atoms. The second-order valence-electron chi connectivity index (χ2n) is 4.77. The summed E-state index contributed by atoms with van der Waals surface area (Å²) < 4.78 is 0. The van der Waals surface area contributed by atoms with E-state index in [4.69, 9.17) is 5.73 Å². The molecule has 0 aromatic carbocycles. The van der Waals surface area contributed by atoms with Crippen LogP contribution in [0, 0.1) is 0 Å². The topological polar surface area (TPSA) is 42.1 Å². The van der Waals surface area contributed by atoms with Crippen LogP contribution >= 0.6 is 0 Å². The minimum Gasteiger partial charge on any atom is -0.327 e. The summed E-state index contributed by atoms with van der Waals surface area (Å²) in [4.78, 5) is 6.72. The maximum atomic E-state index is 5.91. The molecule has 0 amide bonds. The van der Waals surface area contributed by atoms with Gasteiger partial charge < -0.3 is 5.73 Å². The SMILES string of the molecule is C[C@H](N)CN1CCCC[C@H]1c1cccnc1. The van der Waals surface area contributed by atoms with Gasteiger partial charge in [-0.1, -0.05) is 12.5 Å². The number of likely N-dealkylation sites (tertiary alicyclic amines) is 1. The lowest BCUT2D eigenvalue weighted by Gasteiger charge is -2.36. The predicted octanol–water partition coefficient (Wildman–Crippen LogP) is 1.96. The smallest absolute Gasteiger partial charge is 0.0364 e. The molecule has 3 heteroatoms. The van der Waals surface area contributed by atoms with Gasteiger partial charge in [0.25, 0.3) is 0 Å². The summed E-state index contributed by atoms with van der Waals surface area (Å²) >= 11 is 0. The first-order valence-electron chi connectivity index (χ1n) is 6.17. The molecule has 2 N–H and O–H groups in total. The van der Waals surface area contributed by atoms with Gasteiger partial charge in [-0.15, -0.1) is 0 Å². The van der Waals surface area contributed by atoms with E-state index in [0.717, 1.165) is 6.54 Å². The van der Waals surface area contributed by atoms with Crippen LogP contribution in [0.4, 0.5) is 0 Å². The molecule has 1 saturated heterocycles. The van der Waals surface area contributed by atoms with Crippen molar-refractivity contribution in [3.05, 3.63) is 30.1 Å². The Labute approximate surface area is 97.7 Å². The molecule has 0 saturated carbocycles. The minimum atomic E-state index is 0.247. The third kappa shape index (κ3) is 2.80. The number of nitrogens with two attached hydrogens (primary N) is 1.